The number of halogens is 1. The summed E-state index contributed by atoms with van der Waals surface area (Å²) in [7, 11) is 0. The van der Waals surface area contributed by atoms with Gasteiger partial charge in [-0.15, -0.1) is 5.10 Å². The number of amides is 2. The Kier molecular flexibility index (Phi) is 7.32. The van der Waals surface area contributed by atoms with Gasteiger partial charge in [-0.3, -0.25) is 14.3 Å². The molecule has 1 aromatic carbocycles. The van der Waals surface area contributed by atoms with Gasteiger partial charge in [0, 0.05) is 38.8 Å². The molecule has 0 aliphatic carbocycles. The molecule has 0 spiro atoms. The summed E-state index contributed by atoms with van der Waals surface area (Å²) in [6.45, 7) is 7.05. The predicted octanol–water partition coefficient (Wildman–Crippen LogP) is 2.85. The molecule has 7 nitrogen and oxygen atoms in total. The molecule has 3 rings (SSSR count). The summed E-state index contributed by atoms with van der Waals surface area (Å²) in [5.41, 5.74) is 1.00. The zero-order valence-electron chi connectivity index (χ0n) is 17.5. The van der Waals surface area contributed by atoms with Crippen LogP contribution < -0.4 is 0 Å². The lowest BCUT2D eigenvalue weighted by atomic mass is 9.98. The van der Waals surface area contributed by atoms with E-state index in [0.29, 0.717) is 44.0 Å². The molecule has 1 aromatic heterocycles. The number of carbonyl (C=O) groups excluding carboxylic acids is 2. The van der Waals surface area contributed by atoms with Crippen LogP contribution in [0.5, 0.6) is 0 Å². The van der Waals surface area contributed by atoms with Crippen molar-refractivity contribution in [3.05, 3.63) is 53.6 Å². The van der Waals surface area contributed by atoms with Crippen molar-refractivity contribution in [3.8, 4) is 0 Å². The van der Waals surface area contributed by atoms with Crippen molar-refractivity contribution >= 4 is 17.9 Å². The number of carbonyl (C=O) groups is 2. The summed E-state index contributed by atoms with van der Waals surface area (Å²) in [5.74, 6) is -0.285. The Morgan fingerprint density at radius 3 is 2.83 bits per heavy atom. The van der Waals surface area contributed by atoms with Crippen molar-refractivity contribution in [3.63, 3.8) is 0 Å². The molecule has 160 valence electrons. The molecule has 30 heavy (non-hydrogen) atoms. The molecular weight excluding hydrogens is 385 g/mol. The Hall–Kier alpha value is -3.03. The maximum Gasteiger partial charge on any atom is 0.276 e. The van der Waals surface area contributed by atoms with Crippen molar-refractivity contribution in [2.75, 3.05) is 26.2 Å². The van der Waals surface area contributed by atoms with Crippen LogP contribution in [0.2, 0.25) is 0 Å². The summed E-state index contributed by atoms with van der Waals surface area (Å²) < 4.78 is 15.0. The third kappa shape index (κ3) is 5.52. The number of hydrogen-bond donors (Lipinski definition) is 0. The van der Waals surface area contributed by atoms with E-state index in [1.165, 1.54) is 18.2 Å². The van der Waals surface area contributed by atoms with E-state index in [1.807, 2.05) is 18.7 Å². The minimum absolute atomic E-state index is 0.0834. The van der Waals surface area contributed by atoms with E-state index in [4.69, 9.17) is 0 Å². The predicted molar refractivity (Wildman–Crippen MR) is 112 cm³/mol. The molecule has 0 saturated carbocycles. The van der Waals surface area contributed by atoms with Gasteiger partial charge in [0.15, 0.2) is 5.69 Å². The molecule has 1 aliphatic rings. The van der Waals surface area contributed by atoms with Crippen LogP contribution in [0.1, 0.15) is 42.7 Å². The van der Waals surface area contributed by atoms with Gasteiger partial charge in [0.1, 0.15) is 5.82 Å². The van der Waals surface area contributed by atoms with Crippen LogP contribution in [0.15, 0.2) is 36.5 Å². The van der Waals surface area contributed by atoms with Crippen molar-refractivity contribution < 1.29 is 14.0 Å². The monoisotopic (exact) mass is 413 g/mol. The average Bonchev–Trinajstić information content (AvgIpc) is 3.21. The highest BCUT2D eigenvalue weighted by Crippen LogP contribution is 2.19. The maximum atomic E-state index is 13.3. The molecule has 1 fully saturated rings. The second-order valence-corrected chi connectivity index (χ2v) is 7.48. The van der Waals surface area contributed by atoms with Gasteiger partial charge in [0.05, 0.1) is 6.20 Å². The van der Waals surface area contributed by atoms with Crippen LogP contribution in [0.3, 0.4) is 0 Å². The molecule has 2 aromatic rings. The topological polar surface area (TPSA) is 71.3 Å². The van der Waals surface area contributed by atoms with Crippen LogP contribution in [0, 0.1) is 11.7 Å². The standard InChI is InChI=1S/C22H28FN5O2/c1-3-26(4-2)22(30)20-16-28(25-24-20)15-18-8-6-12-27(14-18)21(29)11-10-17-7-5-9-19(23)13-17/h5,7,9-11,13,16,18H,3-4,6,8,12,14-15H2,1-2H3. The molecule has 1 atom stereocenters. The number of piperidine rings is 1. The molecule has 1 aliphatic heterocycles. The van der Waals surface area contributed by atoms with Gasteiger partial charge < -0.3 is 9.80 Å². The Bertz CT molecular complexity index is 906. The van der Waals surface area contributed by atoms with Crippen LogP contribution in [-0.4, -0.2) is 62.8 Å². The minimum atomic E-state index is -0.325. The van der Waals surface area contributed by atoms with Crippen LogP contribution in [0.4, 0.5) is 4.39 Å². The second-order valence-electron chi connectivity index (χ2n) is 7.48. The zero-order chi connectivity index (χ0) is 21.5. The van der Waals surface area contributed by atoms with E-state index < -0.39 is 0 Å². The quantitative estimate of drug-likeness (QED) is 0.655. The fourth-order valence-corrected chi connectivity index (χ4v) is 3.72. The minimum Gasteiger partial charge on any atom is -0.339 e. The fraction of sp³-hybridized carbons (Fsp3) is 0.455. The average molecular weight is 413 g/mol. The van der Waals surface area contributed by atoms with E-state index in [0.717, 1.165) is 12.8 Å². The molecule has 0 radical (unpaired) electrons. The first kappa shape index (κ1) is 21.7. The van der Waals surface area contributed by atoms with Crippen molar-refractivity contribution in [1.29, 1.82) is 0 Å². The number of hydrogen-bond acceptors (Lipinski definition) is 4. The Labute approximate surface area is 176 Å². The Morgan fingerprint density at radius 2 is 2.10 bits per heavy atom. The molecule has 2 heterocycles. The summed E-state index contributed by atoms with van der Waals surface area (Å²) in [5, 5.41) is 8.12. The lowest BCUT2D eigenvalue weighted by Gasteiger charge is -2.32. The smallest absolute Gasteiger partial charge is 0.276 e. The summed E-state index contributed by atoms with van der Waals surface area (Å²) in [6, 6.07) is 6.14. The largest absolute Gasteiger partial charge is 0.339 e. The van der Waals surface area contributed by atoms with E-state index in [9.17, 15) is 14.0 Å². The lowest BCUT2D eigenvalue weighted by molar-refractivity contribution is -0.127. The summed E-state index contributed by atoms with van der Waals surface area (Å²) in [6.07, 6.45) is 6.71. The Morgan fingerprint density at radius 1 is 1.30 bits per heavy atom. The molecule has 2 amide bonds. The van der Waals surface area contributed by atoms with Gasteiger partial charge in [0.25, 0.3) is 5.91 Å². The van der Waals surface area contributed by atoms with Crippen molar-refractivity contribution in [2.24, 2.45) is 5.92 Å². The van der Waals surface area contributed by atoms with Crippen LogP contribution >= 0.6 is 0 Å². The van der Waals surface area contributed by atoms with Crippen LogP contribution in [-0.2, 0) is 11.3 Å². The van der Waals surface area contributed by atoms with Crippen molar-refractivity contribution in [2.45, 2.75) is 33.2 Å². The first-order valence-electron chi connectivity index (χ1n) is 10.4. The third-order valence-corrected chi connectivity index (χ3v) is 5.35. The number of rotatable bonds is 7. The highest BCUT2D eigenvalue weighted by atomic mass is 19.1. The number of likely N-dealkylation sites (tertiary alicyclic amines) is 1. The highest BCUT2D eigenvalue weighted by Gasteiger charge is 2.24. The summed E-state index contributed by atoms with van der Waals surface area (Å²) in [4.78, 5) is 28.5. The normalized spacial score (nSPS) is 16.8. The van der Waals surface area contributed by atoms with E-state index in [1.54, 1.807) is 34.0 Å². The zero-order valence-corrected chi connectivity index (χ0v) is 17.5. The first-order valence-corrected chi connectivity index (χ1v) is 10.4. The second kappa shape index (κ2) is 10.1. The molecule has 1 saturated heterocycles. The molecule has 0 N–H and O–H groups in total. The fourth-order valence-electron chi connectivity index (χ4n) is 3.72. The molecule has 1 unspecified atom stereocenters. The van der Waals surface area contributed by atoms with Gasteiger partial charge in [-0.05, 0) is 56.4 Å². The lowest BCUT2D eigenvalue weighted by Crippen LogP contribution is -2.40. The maximum absolute atomic E-state index is 13.3. The first-order chi connectivity index (χ1) is 14.5. The third-order valence-electron chi connectivity index (χ3n) is 5.35. The number of benzene rings is 1. The summed E-state index contributed by atoms with van der Waals surface area (Å²) >= 11 is 0. The molecule has 0 bridgehead atoms. The van der Waals surface area contributed by atoms with Gasteiger partial charge in [-0.25, -0.2) is 4.39 Å². The van der Waals surface area contributed by atoms with Crippen LogP contribution in [0.25, 0.3) is 6.08 Å². The number of aromatic nitrogens is 3. The van der Waals surface area contributed by atoms with Gasteiger partial charge in [-0.2, -0.15) is 0 Å². The van der Waals surface area contributed by atoms with Gasteiger partial charge in [-0.1, -0.05) is 17.3 Å². The van der Waals surface area contributed by atoms with Crippen molar-refractivity contribution in [1.82, 2.24) is 24.8 Å². The SMILES string of the molecule is CCN(CC)C(=O)c1cn(CC2CCCN(C(=O)C=Cc3cccc(F)c3)C2)nn1. The highest BCUT2D eigenvalue weighted by molar-refractivity contribution is 5.92. The van der Waals surface area contributed by atoms with Gasteiger partial charge in [0.2, 0.25) is 5.91 Å². The molecule has 8 heteroatoms. The van der Waals surface area contributed by atoms with Gasteiger partial charge >= 0.3 is 0 Å². The van der Waals surface area contributed by atoms with E-state index in [2.05, 4.69) is 10.3 Å². The Balaban J connectivity index is 1.57. The molecular formula is C22H28FN5O2. The number of nitrogens with zero attached hydrogens (tertiary/aromatic N) is 5. The van der Waals surface area contributed by atoms with E-state index >= 15 is 0 Å². The van der Waals surface area contributed by atoms with E-state index in [-0.39, 0.29) is 23.5 Å².